The fraction of sp³-hybridized carbons (Fsp3) is 0.923. The summed E-state index contributed by atoms with van der Waals surface area (Å²) in [6, 6.07) is 0. The lowest BCUT2D eigenvalue weighted by atomic mass is 9.74. The van der Waals surface area contributed by atoms with Crippen LogP contribution in [0.4, 0.5) is 0 Å². The lowest BCUT2D eigenvalue weighted by Crippen LogP contribution is -2.29. The molecule has 0 radical (unpaired) electrons. The number of rotatable bonds is 21. The minimum absolute atomic E-state index is 0.239. The van der Waals surface area contributed by atoms with Gasteiger partial charge in [0.2, 0.25) is 0 Å². The Morgan fingerprint density at radius 2 is 1.27 bits per heavy atom. The van der Waals surface area contributed by atoms with Gasteiger partial charge in [-0.3, -0.25) is 9.59 Å². The molecular formula is C26H48O4. The molecule has 0 aromatic heterocycles. The maximum Gasteiger partial charge on any atom is 0.306 e. The molecule has 0 heterocycles. The smallest absolute Gasteiger partial charge is 0.306 e. The molecule has 1 fully saturated rings. The Morgan fingerprint density at radius 3 is 1.77 bits per heavy atom. The van der Waals surface area contributed by atoms with Crippen LogP contribution in [0.2, 0.25) is 0 Å². The summed E-state index contributed by atoms with van der Waals surface area (Å²) in [6.45, 7) is 4.18. The first-order valence-electron chi connectivity index (χ1n) is 12.9. The van der Waals surface area contributed by atoms with Crippen LogP contribution in [-0.4, -0.2) is 22.2 Å². The summed E-state index contributed by atoms with van der Waals surface area (Å²) >= 11 is 0. The third kappa shape index (κ3) is 11.4. The molecule has 0 aromatic rings. The van der Waals surface area contributed by atoms with Crippen LogP contribution in [0.25, 0.3) is 0 Å². The Labute approximate surface area is 185 Å². The Bertz CT molecular complexity index is 470. The van der Waals surface area contributed by atoms with Gasteiger partial charge in [0.1, 0.15) is 0 Å². The molecule has 4 nitrogen and oxygen atoms in total. The molecule has 0 amide bonds. The van der Waals surface area contributed by atoms with E-state index in [-0.39, 0.29) is 17.8 Å². The fourth-order valence-electron chi connectivity index (χ4n) is 5.18. The number of carboxylic acids is 2. The standard InChI is InChI=1S/C26H48O4/c1-3-4-5-6-7-8-9-11-14-17-23(22(2)25(29)30)26(20-21-26)19-16-13-10-12-15-18-24(27)28/h22-23H,3-21H2,1-2H3,(H,27,28)(H,29,30). The molecule has 2 N–H and O–H groups in total. The molecule has 2 unspecified atom stereocenters. The average molecular weight is 425 g/mol. The van der Waals surface area contributed by atoms with Gasteiger partial charge < -0.3 is 10.2 Å². The molecule has 1 aliphatic carbocycles. The first-order chi connectivity index (χ1) is 14.4. The zero-order valence-electron chi connectivity index (χ0n) is 19.8. The van der Waals surface area contributed by atoms with Gasteiger partial charge in [-0.1, -0.05) is 97.3 Å². The van der Waals surface area contributed by atoms with Crippen molar-refractivity contribution >= 4 is 11.9 Å². The summed E-state index contributed by atoms with van der Waals surface area (Å²) in [5, 5.41) is 18.4. The fourth-order valence-corrected chi connectivity index (χ4v) is 5.18. The highest BCUT2D eigenvalue weighted by Crippen LogP contribution is 2.59. The predicted octanol–water partition coefficient (Wildman–Crippen LogP) is 7.84. The van der Waals surface area contributed by atoms with Crippen molar-refractivity contribution in [2.24, 2.45) is 17.3 Å². The number of hydrogen-bond acceptors (Lipinski definition) is 2. The molecule has 1 rings (SSSR count). The monoisotopic (exact) mass is 424 g/mol. The summed E-state index contributed by atoms with van der Waals surface area (Å²) in [5.74, 6) is -1.24. The minimum Gasteiger partial charge on any atom is -0.481 e. The van der Waals surface area contributed by atoms with E-state index in [1.165, 1.54) is 70.6 Å². The second-order valence-corrected chi connectivity index (χ2v) is 9.87. The van der Waals surface area contributed by atoms with E-state index >= 15 is 0 Å². The highest BCUT2D eigenvalue weighted by Gasteiger charge is 2.50. The van der Waals surface area contributed by atoms with Crippen molar-refractivity contribution in [2.45, 2.75) is 136 Å². The molecule has 0 aromatic carbocycles. The van der Waals surface area contributed by atoms with Gasteiger partial charge in [0.25, 0.3) is 0 Å². The Kier molecular flexibility index (Phi) is 14.1. The quantitative estimate of drug-likeness (QED) is 0.184. The topological polar surface area (TPSA) is 74.6 Å². The van der Waals surface area contributed by atoms with Gasteiger partial charge in [0.05, 0.1) is 5.92 Å². The van der Waals surface area contributed by atoms with Crippen LogP contribution in [-0.2, 0) is 9.59 Å². The van der Waals surface area contributed by atoms with Crippen LogP contribution in [0.3, 0.4) is 0 Å². The van der Waals surface area contributed by atoms with Crippen molar-refractivity contribution in [3.8, 4) is 0 Å². The van der Waals surface area contributed by atoms with Gasteiger partial charge in [-0.15, -0.1) is 0 Å². The van der Waals surface area contributed by atoms with Crippen molar-refractivity contribution < 1.29 is 19.8 Å². The summed E-state index contributed by atoms with van der Waals surface area (Å²) < 4.78 is 0. The van der Waals surface area contributed by atoms with Crippen molar-refractivity contribution in [1.82, 2.24) is 0 Å². The van der Waals surface area contributed by atoms with Crippen LogP contribution >= 0.6 is 0 Å². The third-order valence-electron chi connectivity index (χ3n) is 7.36. The largest absolute Gasteiger partial charge is 0.481 e. The van der Waals surface area contributed by atoms with Crippen molar-refractivity contribution in [3.63, 3.8) is 0 Å². The molecule has 4 heteroatoms. The summed E-state index contributed by atoms with van der Waals surface area (Å²) in [6.07, 6.45) is 21.9. The van der Waals surface area contributed by atoms with Gasteiger partial charge in [-0.05, 0) is 43.4 Å². The molecule has 2 atom stereocenters. The first kappa shape index (κ1) is 27.0. The molecule has 176 valence electrons. The molecule has 30 heavy (non-hydrogen) atoms. The van der Waals surface area contributed by atoms with Crippen LogP contribution < -0.4 is 0 Å². The molecule has 1 aliphatic rings. The summed E-state index contributed by atoms with van der Waals surface area (Å²) in [5.41, 5.74) is 0.277. The zero-order chi connectivity index (χ0) is 22.2. The Morgan fingerprint density at radius 1 is 0.767 bits per heavy atom. The second kappa shape index (κ2) is 15.7. The van der Waals surface area contributed by atoms with Crippen molar-refractivity contribution in [3.05, 3.63) is 0 Å². The van der Waals surface area contributed by atoms with Crippen LogP contribution in [0.1, 0.15) is 136 Å². The van der Waals surface area contributed by atoms with E-state index in [1.807, 2.05) is 6.92 Å². The van der Waals surface area contributed by atoms with Crippen molar-refractivity contribution in [1.29, 1.82) is 0 Å². The number of aliphatic carboxylic acids is 2. The average Bonchev–Trinajstić information content (AvgIpc) is 3.48. The second-order valence-electron chi connectivity index (χ2n) is 9.87. The molecule has 0 saturated heterocycles. The molecule has 0 spiro atoms. The van der Waals surface area contributed by atoms with Crippen molar-refractivity contribution in [2.75, 3.05) is 0 Å². The number of carboxylic acid groups (broad SMARTS) is 2. The van der Waals surface area contributed by atoms with E-state index in [4.69, 9.17) is 5.11 Å². The van der Waals surface area contributed by atoms with Crippen LogP contribution in [0, 0.1) is 17.3 Å². The summed E-state index contributed by atoms with van der Waals surface area (Å²) in [4.78, 5) is 22.3. The third-order valence-corrected chi connectivity index (χ3v) is 7.36. The molecular weight excluding hydrogens is 376 g/mol. The van der Waals surface area contributed by atoms with Gasteiger partial charge in [0, 0.05) is 6.42 Å². The first-order valence-corrected chi connectivity index (χ1v) is 12.9. The normalized spacial score (nSPS) is 16.9. The van der Waals surface area contributed by atoms with Gasteiger partial charge in [0.15, 0.2) is 0 Å². The summed E-state index contributed by atoms with van der Waals surface area (Å²) in [7, 11) is 0. The SMILES string of the molecule is CCCCCCCCCCCC(C(C)C(=O)O)C1(CCCCCCCC(=O)O)CC1. The maximum atomic E-state index is 11.7. The van der Waals surface area contributed by atoms with Crippen LogP contribution in [0.15, 0.2) is 0 Å². The zero-order valence-corrected chi connectivity index (χ0v) is 19.8. The van der Waals surface area contributed by atoms with Crippen LogP contribution in [0.5, 0.6) is 0 Å². The Balaban J connectivity index is 2.28. The lowest BCUT2D eigenvalue weighted by Gasteiger charge is -2.30. The van der Waals surface area contributed by atoms with Gasteiger partial charge in [-0.2, -0.15) is 0 Å². The molecule has 0 aliphatic heterocycles. The highest BCUT2D eigenvalue weighted by molar-refractivity contribution is 5.70. The van der Waals surface area contributed by atoms with E-state index in [0.717, 1.165) is 44.9 Å². The molecule has 0 bridgehead atoms. The number of hydrogen-bond donors (Lipinski definition) is 2. The maximum absolute atomic E-state index is 11.7. The lowest BCUT2D eigenvalue weighted by molar-refractivity contribution is -0.144. The minimum atomic E-state index is -0.700. The number of unbranched alkanes of at least 4 members (excludes halogenated alkanes) is 12. The predicted molar refractivity (Wildman–Crippen MR) is 124 cm³/mol. The van der Waals surface area contributed by atoms with E-state index < -0.39 is 11.9 Å². The highest BCUT2D eigenvalue weighted by atomic mass is 16.4. The van der Waals surface area contributed by atoms with E-state index in [2.05, 4.69) is 6.92 Å². The van der Waals surface area contributed by atoms with Gasteiger partial charge in [-0.25, -0.2) is 0 Å². The van der Waals surface area contributed by atoms with Gasteiger partial charge >= 0.3 is 11.9 Å². The van der Waals surface area contributed by atoms with E-state index in [9.17, 15) is 14.7 Å². The number of carbonyl (C=O) groups is 2. The Hall–Kier alpha value is -1.06. The van der Waals surface area contributed by atoms with E-state index in [1.54, 1.807) is 0 Å². The molecule has 1 saturated carbocycles. The van der Waals surface area contributed by atoms with E-state index in [0.29, 0.717) is 5.92 Å².